The molecule has 0 saturated carbocycles. The average Bonchev–Trinajstić information content (AvgIpc) is 2.14. The van der Waals surface area contributed by atoms with Gasteiger partial charge in [0.2, 0.25) is 0 Å². The summed E-state index contributed by atoms with van der Waals surface area (Å²) in [5.74, 6) is -1.43. The first-order valence-electron chi connectivity index (χ1n) is 3.94. The molecule has 1 rings (SSSR count). The molecule has 0 aliphatic carbocycles. The van der Waals surface area contributed by atoms with E-state index in [1.54, 1.807) is 0 Å². The molecule has 7 nitrogen and oxygen atoms in total. The van der Waals surface area contributed by atoms with Crippen molar-refractivity contribution >= 4 is 5.97 Å². The van der Waals surface area contributed by atoms with E-state index in [1.807, 2.05) is 0 Å². The highest BCUT2D eigenvalue weighted by Gasteiger charge is 2.46. The average molecular weight is 208 g/mol. The van der Waals surface area contributed by atoms with Gasteiger partial charge in [-0.05, 0) is 0 Å². The highest BCUT2D eigenvalue weighted by Crippen LogP contribution is 2.21. The number of hydrogen-bond acceptors (Lipinski definition) is 6. The maximum absolute atomic E-state index is 10.5. The van der Waals surface area contributed by atoms with Gasteiger partial charge in [-0.15, -0.1) is 0 Å². The Morgan fingerprint density at radius 1 is 1.21 bits per heavy atom. The molecule has 0 spiro atoms. The summed E-state index contributed by atoms with van der Waals surface area (Å²) in [4.78, 5) is 10.5. The van der Waals surface area contributed by atoms with Crippen molar-refractivity contribution in [2.75, 3.05) is 7.11 Å². The Bertz CT molecular complexity index is 216. The van der Waals surface area contributed by atoms with Crippen LogP contribution in [-0.4, -0.2) is 64.2 Å². The second kappa shape index (κ2) is 4.20. The molecule has 1 fully saturated rings. The molecule has 1 aliphatic rings. The summed E-state index contributed by atoms with van der Waals surface area (Å²) in [6, 6.07) is 0. The predicted octanol–water partition coefficient (Wildman–Crippen LogP) is -2.47. The minimum atomic E-state index is -1.67. The van der Waals surface area contributed by atoms with Gasteiger partial charge in [0.1, 0.15) is 18.3 Å². The number of aliphatic hydroxyl groups is 3. The maximum Gasteiger partial charge on any atom is 0.335 e. The smallest absolute Gasteiger partial charge is 0.335 e. The molecular weight excluding hydrogens is 196 g/mol. The van der Waals surface area contributed by atoms with Gasteiger partial charge in [0.05, 0.1) is 0 Å². The van der Waals surface area contributed by atoms with Gasteiger partial charge in [0, 0.05) is 7.11 Å². The van der Waals surface area contributed by atoms with Crippen LogP contribution in [0.2, 0.25) is 0 Å². The lowest BCUT2D eigenvalue weighted by atomic mass is 9.99. The maximum atomic E-state index is 10.5. The van der Waals surface area contributed by atoms with Crippen molar-refractivity contribution in [2.45, 2.75) is 30.7 Å². The van der Waals surface area contributed by atoms with Crippen molar-refractivity contribution in [1.82, 2.24) is 0 Å². The molecule has 82 valence electrons. The third-order valence-corrected chi connectivity index (χ3v) is 2.05. The van der Waals surface area contributed by atoms with E-state index in [1.165, 1.54) is 7.11 Å². The van der Waals surface area contributed by atoms with E-state index in [2.05, 4.69) is 4.74 Å². The molecule has 0 radical (unpaired) electrons. The van der Waals surface area contributed by atoms with E-state index in [4.69, 9.17) is 9.84 Å². The number of rotatable bonds is 2. The SMILES string of the molecule is CO[C@H]1O[C@@H](C(=O)O)[C@@H](O)[C@@H](O)[C@@H]1O. The molecule has 5 atom stereocenters. The van der Waals surface area contributed by atoms with Crippen molar-refractivity contribution in [3.05, 3.63) is 0 Å². The predicted molar refractivity (Wildman–Crippen MR) is 41.3 cm³/mol. The summed E-state index contributed by atoms with van der Waals surface area (Å²) in [6.07, 6.45) is -7.60. The molecule has 1 aliphatic heterocycles. The molecule has 0 aromatic heterocycles. The van der Waals surface area contributed by atoms with E-state index in [0.29, 0.717) is 0 Å². The Balaban J connectivity index is 2.78. The highest BCUT2D eigenvalue weighted by atomic mass is 16.7. The molecular formula is C7H12O7. The zero-order valence-corrected chi connectivity index (χ0v) is 7.40. The van der Waals surface area contributed by atoms with Crippen LogP contribution in [0, 0.1) is 0 Å². The van der Waals surface area contributed by atoms with Gasteiger partial charge in [-0.1, -0.05) is 0 Å². The van der Waals surface area contributed by atoms with Gasteiger partial charge in [-0.3, -0.25) is 0 Å². The quantitative estimate of drug-likeness (QED) is 0.397. The number of hydrogen-bond donors (Lipinski definition) is 4. The molecule has 0 unspecified atom stereocenters. The standard InChI is InChI=1S/C7H12O7/c1-13-7-4(10)2(8)3(9)5(14-7)6(11)12/h2-5,7-10H,1H3,(H,11,12)/t2-,3+,4+,5-,7+/m1/s1. The Labute approximate surface area is 79.5 Å². The number of carboxylic acid groups (broad SMARTS) is 1. The van der Waals surface area contributed by atoms with Crippen molar-refractivity contribution in [3.8, 4) is 0 Å². The Kier molecular flexibility index (Phi) is 3.40. The number of aliphatic carboxylic acids is 1. The van der Waals surface area contributed by atoms with Crippen LogP contribution >= 0.6 is 0 Å². The van der Waals surface area contributed by atoms with E-state index in [0.717, 1.165) is 0 Å². The lowest BCUT2D eigenvalue weighted by Gasteiger charge is -2.37. The summed E-state index contributed by atoms with van der Waals surface area (Å²) in [6.45, 7) is 0. The summed E-state index contributed by atoms with van der Waals surface area (Å²) in [5.41, 5.74) is 0. The number of carbonyl (C=O) groups is 1. The van der Waals surface area contributed by atoms with Crippen LogP contribution in [0.15, 0.2) is 0 Å². The van der Waals surface area contributed by atoms with Crippen molar-refractivity contribution < 1.29 is 34.7 Å². The molecule has 4 N–H and O–H groups in total. The van der Waals surface area contributed by atoms with Crippen LogP contribution in [0.4, 0.5) is 0 Å². The molecule has 0 amide bonds. The lowest BCUT2D eigenvalue weighted by molar-refractivity contribution is -0.287. The van der Waals surface area contributed by atoms with Gasteiger partial charge in [-0.25, -0.2) is 4.79 Å². The van der Waals surface area contributed by atoms with Crippen LogP contribution in [0.1, 0.15) is 0 Å². The molecule has 1 heterocycles. The van der Waals surface area contributed by atoms with Crippen LogP contribution in [0.5, 0.6) is 0 Å². The molecule has 0 aromatic carbocycles. The van der Waals surface area contributed by atoms with Gasteiger partial charge in [-0.2, -0.15) is 0 Å². The van der Waals surface area contributed by atoms with E-state index in [9.17, 15) is 20.1 Å². The van der Waals surface area contributed by atoms with Crippen molar-refractivity contribution in [3.63, 3.8) is 0 Å². The summed E-state index contributed by atoms with van der Waals surface area (Å²) >= 11 is 0. The van der Waals surface area contributed by atoms with E-state index >= 15 is 0 Å². The number of aliphatic hydroxyl groups excluding tert-OH is 3. The van der Waals surface area contributed by atoms with Gasteiger partial charge < -0.3 is 29.9 Å². The number of methoxy groups -OCH3 is 1. The first-order valence-corrected chi connectivity index (χ1v) is 3.94. The zero-order chi connectivity index (χ0) is 10.9. The van der Waals surface area contributed by atoms with Gasteiger partial charge in [0.15, 0.2) is 12.4 Å². The molecule has 7 heteroatoms. The molecule has 0 aromatic rings. The van der Waals surface area contributed by atoms with E-state index < -0.39 is 36.7 Å². The fraction of sp³-hybridized carbons (Fsp3) is 0.857. The first kappa shape index (κ1) is 11.3. The van der Waals surface area contributed by atoms with Crippen LogP contribution in [0.25, 0.3) is 0 Å². The second-order valence-corrected chi connectivity index (χ2v) is 2.97. The largest absolute Gasteiger partial charge is 0.479 e. The van der Waals surface area contributed by atoms with Gasteiger partial charge in [0.25, 0.3) is 0 Å². The van der Waals surface area contributed by atoms with Crippen molar-refractivity contribution in [1.29, 1.82) is 0 Å². The zero-order valence-electron chi connectivity index (χ0n) is 7.40. The van der Waals surface area contributed by atoms with Crippen LogP contribution < -0.4 is 0 Å². The lowest BCUT2D eigenvalue weighted by Crippen LogP contribution is -2.60. The Hall–Kier alpha value is -0.730. The minimum Gasteiger partial charge on any atom is -0.479 e. The van der Waals surface area contributed by atoms with Crippen LogP contribution in [-0.2, 0) is 14.3 Å². The summed E-state index contributed by atoms with van der Waals surface area (Å²) < 4.78 is 9.31. The van der Waals surface area contributed by atoms with Gasteiger partial charge >= 0.3 is 5.97 Å². The third-order valence-electron chi connectivity index (χ3n) is 2.05. The highest BCUT2D eigenvalue weighted by molar-refractivity contribution is 5.73. The summed E-state index contributed by atoms with van der Waals surface area (Å²) in [7, 11) is 1.19. The second-order valence-electron chi connectivity index (χ2n) is 2.97. The number of ether oxygens (including phenoxy) is 2. The Morgan fingerprint density at radius 3 is 2.21 bits per heavy atom. The minimum absolute atomic E-state index is 1.19. The normalized spacial score (nSPS) is 43.6. The monoisotopic (exact) mass is 208 g/mol. The fourth-order valence-corrected chi connectivity index (χ4v) is 1.25. The first-order chi connectivity index (χ1) is 6.49. The van der Waals surface area contributed by atoms with Crippen LogP contribution in [0.3, 0.4) is 0 Å². The number of carboxylic acids is 1. The van der Waals surface area contributed by atoms with E-state index in [-0.39, 0.29) is 0 Å². The molecule has 1 saturated heterocycles. The topological polar surface area (TPSA) is 116 Å². The molecule has 0 bridgehead atoms. The summed E-state index contributed by atoms with van der Waals surface area (Å²) in [5, 5.41) is 36.3. The third kappa shape index (κ3) is 1.86. The Morgan fingerprint density at radius 2 is 1.79 bits per heavy atom. The fourth-order valence-electron chi connectivity index (χ4n) is 1.25. The van der Waals surface area contributed by atoms with Crippen molar-refractivity contribution in [2.24, 2.45) is 0 Å². The molecule has 14 heavy (non-hydrogen) atoms.